The Balaban J connectivity index is 1.71. The highest BCUT2D eigenvalue weighted by molar-refractivity contribution is 9.10. The molecule has 5 nitrogen and oxygen atoms in total. The maximum Gasteiger partial charge on any atom is 0.306 e. The predicted octanol–water partition coefficient (Wildman–Crippen LogP) is 2.57. The molecule has 1 amide bonds. The van der Waals surface area contributed by atoms with E-state index in [1.54, 1.807) is 0 Å². The Morgan fingerprint density at radius 3 is 2.67 bits per heavy atom. The van der Waals surface area contributed by atoms with Crippen molar-refractivity contribution in [1.29, 1.82) is 0 Å². The number of carboxylic acid groups (broad SMARTS) is 1. The predicted molar refractivity (Wildman–Crippen MR) is 84.2 cm³/mol. The van der Waals surface area contributed by atoms with E-state index < -0.39 is 5.97 Å². The first-order chi connectivity index (χ1) is 10.0. The summed E-state index contributed by atoms with van der Waals surface area (Å²) in [7, 11) is 0. The number of nitrogens with zero attached hydrogens (tertiary/aromatic N) is 1. The molecule has 1 aliphatic rings. The number of rotatable bonds is 5. The molecule has 1 aromatic rings. The van der Waals surface area contributed by atoms with E-state index in [-0.39, 0.29) is 11.8 Å². The number of nitrogens with one attached hydrogen (secondary N) is 1. The number of carbonyl (C=O) groups is 2. The van der Waals surface area contributed by atoms with Crippen molar-refractivity contribution >= 4 is 33.5 Å². The molecular weight excluding hydrogens is 336 g/mol. The smallest absolute Gasteiger partial charge is 0.306 e. The monoisotopic (exact) mass is 354 g/mol. The van der Waals surface area contributed by atoms with Crippen molar-refractivity contribution < 1.29 is 14.7 Å². The molecule has 1 aromatic carbocycles. The molecule has 6 heteroatoms. The summed E-state index contributed by atoms with van der Waals surface area (Å²) in [4.78, 5) is 24.9. The molecule has 0 bridgehead atoms. The SMILES string of the molecule is O=C(CCN1CCC(C(=O)O)CC1)Nc1cccc(Br)c1. The highest BCUT2D eigenvalue weighted by atomic mass is 79.9. The van der Waals surface area contributed by atoms with E-state index >= 15 is 0 Å². The zero-order valence-electron chi connectivity index (χ0n) is 11.7. The van der Waals surface area contributed by atoms with Gasteiger partial charge in [-0.25, -0.2) is 0 Å². The average molecular weight is 355 g/mol. The Morgan fingerprint density at radius 2 is 2.05 bits per heavy atom. The van der Waals surface area contributed by atoms with Crippen molar-refractivity contribution in [2.24, 2.45) is 5.92 Å². The summed E-state index contributed by atoms with van der Waals surface area (Å²) in [5.74, 6) is -0.952. The number of anilines is 1. The van der Waals surface area contributed by atoms with Crippen LogP contribution in [0.1, 0.15) is 19.3 Å². The zero-order chi connectivity index (χ0) is 15.2. The first kappa shape index (κ1) is 16.0. The van der Waals surface area contributed by atoms with Crippen molar-refractivity contribution in [2.75, 3.05) is 25.0 Å². The van der Waals surface area contributed by atoms with Gasteiger partial charge in [0.05, 0.1) is 5.92 Å². The van der Waals surface area contributed by atoms with Crippen LogP contribution in [-0.2, 0) is 9.59 Å². The van der Waals surface area contributed by atoms with Crippen molar-refractivity contribution in [3.05, 3.63) is 28.7 Å². The maximum absolute atomic E-state index is 11.9. The second kappa shape index (κ2) is 7.56. The highest BCUT2D eigenvalue weighted by Gasteiger charge is 2.24. The normalized spacial score (nSPS) is 16.6. The van der Waals surface area contributed by atoms with Crippen LogP contribution in [0.2, 0.25) is 0 Å². The molecule has 0 aromatic heterocycles. The summed E-state index contributed by atoms with van der Waals surface area (Å²) < 4.78 is 0.927. The summed E-state index contributed by atoms with van der Waals surface area (Å²) in [6.45, 7) is 2.18. The van der Waals surface area contributed by atoms with Gasteiger partial charge in [0, 0.05) is 23.1 Å². The van der Waals surface area contributed by atoms with E-state index in [1.165, 1.54) is 0 Å². The average Bonchev–Trinajstić information content (AvgIpc) is 2.45. The van der Waals surface area contributed by atoms with Gasteiger partial charge in [-0.3, -0.25) is 9.59 Å². The summed E-state index contributed by atoms with van der Waals surface area (Å²) in [6, 6.07) is 7.48. The minimum Gasteiger partial charge on any atom is -0.481 e. The van der Waals surface area contributed by atoms with E-state index in [0.717, 1.165) is 23.2 Å². The summed E-state index contributed by atoms with van der Waals surface area (Å²) in [5.41, 5.74) is 0.777. The third-order valence-electron chi connectivity index (χ3n) is 3.70. The van der Waals surface area contributed by atoms with Crippen LogP contribution < -0.4 is 5.32 Å². The Hall–Kier alpha value is -1.40. The van der Waals surface area contributed by atoms with Gasteiger partial charge in [-0.05, 0) is 44.1 Å². The number of amides is 1. The lowest BCUT2D eigenvalue weighted by molar-refractivity contribution is -0.143. The number of halogens is 1. The number of hydrogen-bond acceptors (Lipinski definition) is 3. The molecule has 1 heterocycles. The van der Waals surface area contributed by atoms with Crippen LogP contribution >= 0.6 is 15.9 Å². The Bertz CT molecular complexity index is 513. The lowest BCUT2D eigenvalue weighted by Crippen LogP contribution is -2.37. The summed E-state index contributed by atoms with van der Waals surface area (Å²) in [6.07, 6.45) is 1.76. The topological polar surface area (TPSA) is 69.6 Å². The Morgan fingerprint density at radius 1 is 1.33 bits per heavy atom. The molecule has 1 saturated heterocycles. The molecule has 1 aliphatic heterocycles. The third-order valence-corrected chi connectivity index (χ3v) is 4.19. The number of carbonyl (C=O) groups excluding carboxylic acids is 1. The fraction of sp³-hybridized carbons (Fsp3) is 0.467. The standard InChI is InChI=1S/C15H19BrN2O3/c16-12-2-1-3-13(10-12)17-14(19)6-9-18-7-4-11(5-8-18)15(20)21/h1-3,10-11H,4-9H2,(H,17,19)(H,20,21). The van der Waals surface area contributed by atoms with Crippen LogP contribution in [0.3, 0.4) is 0 Å². The molecule has 0 unspecified atom stereocenters. The number of carboxylic acids is 1. The van der Waals surface area contributed by atoms with Crippen LogP contribution in [0.25, 0.3) is 0 Å². The minimum absolute atomic E-state index is 0.0199. The van der Waals surface area contributed by atoms with Gasteiger partial charge < -0.3 is 15.3 Å². The van der Waals surface area contributed by atoms with Gasteiger partial charge in [0.25, 0.3) is 0 Å². The van der Waals surface area contributed by atoms with Crippen LogP contribution in [0.15, 0.2) is 28.7 Å². The summed E-state index contributed by atoms with van der Waals surface area (Å²) >= 11 is 3.36. The Kier molecular flexibility index (Phi) is 5.76. The molecule has 21 heavy (non-hydrogen) atoms. The molecule has 0 radical (unpaired) electrons. The molecular formula is C15H19BrN2O3. The minimum atomic E-state index is -0.706. The van der Waals surface area contributed by atoms with E-state index in [9.17, 15) is 9.59 Å². The number of likely N-dealkylation sites (tertiary alicyclic amines) is 1. The summed E-state index contributed by atoms with van der Waals surface area (Å²) in [5, 5.41) is 11.8. The van der Waals surface area contributed by atoms with E-state index in [1.807, 2.05) is 24.3 Å². The van der Waals surface area contributed by atoms with E-state index in [4.69, 9.17) is 5.11 Å². The molecule has 114 valence electrons. The fourth-order valence-electron chi connectivity index (χ4n) is 2.45. The largest absolute Gasteiger partial charge is 0.481 e. The molecule has 1 fully saturated rings. The van der Waals surface area contributed by atoms with Gasteiger partial charge in [0.15, 0.2) is 0 Å². The van der Waals surface area contributed by atoms with Gasteiger partial charge in [-0.2, -0.15) is 0 Å². The maximum atomic E-state index is 11.9. The molecule has 0 spiro atoms. The first-order valence-corrected chi connectivity index (χ1v) is 7.84. The number of hydrogen-bond donors (Lipinski definition) is 2. The van der Waals surface area contributed by atoms with Crippen molar-refractivity contribution in [1.82, 2.24) is 4.90 Å². The van der Waals surface area contributed by atoms with Gasteiger partial charge in [0.2, 0.25) is 5.91 Å². The highest BCUT2D eigenvalue weighted by Crippen LogP contribution is 2.18. The van der Waals surface area contributed by atoms with Crippen molar-refractivity contribution in [3.8, 4) is 0 Å². The van der Waals surface area contributed by atoms with Gasteiger partial charge in [-0.1, -0.05) is 22.0 Å². The van der Waals surface area contributed by atoms with Crippen molar-refractivity contribution in [2.45, 2.75) is 19.3 Å². The van der Waals surface area contributed by atoms with Crippen LogP contribution in [0, 0.1) is 5.92 Å². The van der Waals surface area contributed by atoms with Gasteiger partial charge in [0.1, 0.15) is 0 Å². The second-order valence-electron chi connectivity index (χ2n) is 5.26. The molecule has 0 saturated carbocycles. The van der Waals surface area contributed by atoms with Gasteiger partial charge in [-0.15, -0.1) is 0 Å². The van der Waals surface area contributed by atoms with E-state index in [0.29, 0.717) is 25.8 Å². The molecule has 2 N–H and O–H groups in total. The number of aliphatic carboxylic acids is 1. The van der Waals surface area contributed by atoms with Crippen LogP contribution in [-0.4, -0.2) is 41.5 Å². The fourth-order valence-corrected chi connectivity index (χ4v) is 2.85. The lowest BCUT2D eigenvalue weighted by Gasteiger charge is -2.29. The molecule has 0 atom stereocenters. The number of piperidine rings is 1. The molecule has 0 aliphatic carbocycles. The zero-order valence-corrected chi connectivity index (χ0v) is 13.3. The Labute approximate surface area is 132 Å². The second-order valence-corrected chi connectivity index (χ2v) is 6.18. The van der Waals surface area contributed by atoms with E-state index in [2.05, 4.69) is 26.1 Å². The first-order valence-electron chi connectivity index (χ1n) is 7.05. The third kappa shape index (κ3) is 5.13. The van der Waals surface area contributed by atoms with Crippen molar-refractivity contribution in [3.63, 3.8) is 0 Å². The quantitative estimate of drug-likeness (QED) is 0.852. The van der Waals surface area contributed by atoms with Crippen LogP contribution in [0.5, 0.6) is 0 Å². The van der Waals surface area contributed by atoms with Crippen LogP contribution in [0.4, 0.5) is 5.69 Å². The lowest BCUT2D eigenvalue weighted by atomic mass is 9.97. The number of benzene rings is 1. The molecule has 2 rings (SSSR count). The van der Waals surface area contributed by atoms with Gasteiger partial charge >= 0.3 is 5.97 Å².